The van der Waals surface area contributed by atoms with Gasteiger partial charge in [0.2, 0.25) is 0 Å². The zero-order chi connectivity index (χ0) is 11.5. The average molecular weight is 212 g/mol. The van der Waals surface area contributed by atoms with E-state index in [4.69, 9.17) is 4.74 Å². The fourth-order valence-corrected chi connectivity index (χ4v) is 1.14. The van der Waals surface area contributed by atoms with Gasteiger partial charge in [-0.2, -0.15) is 0 Å². The summed E-state index contributed by atoms with van der Waals surface area (Å²) in [5.41, 5.74) is 0.147. The molecule has 1 N–H and O–H groups in total. The molecule has 2 nitrogen and oxygen atoms in total. The molecule has 0 fully saturated rings. The highest BCUT2D eigenvalue weighted by Crippen LogP contribution is 2.19. The molecule has 1 aromatic carbocycles. The van der Waals surface area contributed by atoms with Crippen molar-refractivity contribution in [1.29, 1.82) is 0 Å². The van der Waals surface area contributed by atoms with E-state index < -0.39 is 5.60 Å². The van der Waals surface area contributed by atoms with Gasteiger partial charge in [-0.1, -0.05) is 6.07 Å². The Morgan fingerprint density at radius 3 is 2.67 bits per heavy atom. The molecular formula is C12H17FO2. The van der Waals surface area contributed by atoms with Crippen LogP contribution in [-0.2, 0) is 0 Å². The number of benzene rings is 1. The molecule has 15 heavy (non-hydrogen) atoms. The van der Waals surface area contributed by atoms with Crippen molar-refractivity contribution in [3.05, 3.63) is 29.6 Å². The van der Waals surface area contributed by atoms with Crippen molar-refractivity contribution in [3.63, 3.8) is 0 Å². The highest BCUT2D eigenvalue weighted by Gasteiger charge is 2.12. The lowest BCUT2D eigenvalue weighted by Crippen LogP contribution is -2.21. The molecule has 0 aliphatic heterocycles. The minimum atomic E-state index is -0.749. The number of hydrogen-bond donors (Lipinski definition) is 1. The second-order valence-corrected chi connectivity index (χ2v) is 4.32. The maximum absolute atomic E-state index is 12.9. The Balaban J connectivity index is 2.54. The van der Waals surface area contributed by atoms with Gasteiger partial charge in [-0.3, -0.25) is 0 Å². The van der Waals surface area contributed by atoms with E-state index in [1.54, 1.807) is 19.9 Å². The zero-order valence-corrected chi connectivity index (χ0v) is 9.38. The molecule has 0 atom stereocenters. The second-order valence-electron chi connectivity index (χ2n) is 4.32. The van der Waals surface area contributed by atoms with Gasteiger partial charge >= 0.3 is 0 Å². The Labute approximate surface area is 89.7 Å². The van der Waals surface area contributed by atoms with Gasteiger partial charge in [0.05, 0.1) is 12.2 Å². The second kappa shape index (κ2) is 4.62. The van der Waals surface area contributed by atoms with Gasteiger partial charge < -0.3 is 9.84 Å². The van der Waals surface area contributed by atoms with Gasteiger partial charge in [-0.25, -0.2) is 4.39 Å². The van der Waals surface area contributed by atoms with Gasteiger partial charge in [0, 0.05) is 12.5 Å². The highest BCUT2D eigenvalue weighted by atomic mass is 19.1. The van der Waals surface area contributed by atoms with E-state index in [1.807, 2.05) is 6.92 Å². The third-order valence-electron chi connectivity index (χ3n) is 2.12. The zero-order valence-electron chi connectivity index (χ0n) is 9.38. The smallest absolute Gasteiger partial charge is 0.126 e. The van der Waals surface area contributed by atoms with Crippen LogP contribution < -0.4 is 4.74 Å². The van der Waals surface area contributed by atoms with E-state index in [2.05, 4.69) is 0 Å². The maximum atomic E-state index is 12.9. The molecule has 3 heteroatoms. The molecule has 0 bridgehead atoms. The summed E-state index contributed by atoms with van der Waals surface area (Å²) < 4.78 is 18.3. The molecule has 1 rings (SSSR count). The molecule has 0 aliphatic carbocycles. The quantitative estimate of drug-likeness (QED) is 0.831. The summed E-state index contributed by atoms with van der Waals surface area (Å²) in [5, 5.41) is 9.47. The van der Waals surface area contributed by atoms with Crippen LogP contribution in [0.5, 0.6) is 5.75 Å². The molecule has 0 saturated carbocycles. The predicted molar refractivity (Wildman–Crippen MR) is 57.5 cm³/mol. The number of hydrogen-bond acceptors (Lipinski definition) is 2. The fraction of sp³-hybridized carbons (Fsp3) is 0.500. The topological polar surface area (TPSA) is 29.5 Å². The van der Waals surface area contributed by atoms with E-state index >= 15 is 0 Å². The van der Waals surface area contributed by atoms with Crippen molar-refractivity contribution in [2.24, 2.45) is 0 Å². The van der Waals surface area contributed by atoms with Crippen LogP contribution in [-0.4, -0.2) is 17.3 Å². The summed E-state index contributed by atoms with van der Waals surface area (Å²) in [4.78, 5) is 0. The third-order valence-corrected chi connectivity index (χ3v) is 2.12. The van der Waals surface area contributed by atoms with Crippen LogP contribution in [0, 0.1) is 12.7 Å². The van der Waals surface area contributed by atoms with Crippen molar-refractivity contribution < 1.29 is 14.2 Å². The summed E-state index contributed by atoms with van der Waals surface area (Å²) in [7, 11) is 0. The fourth-order valence-electron chi connectivity index (χ4n) is 1.14. The first-order valence-corrected chi connectivity index (χ1v) is 5.00. The SMILES string of the molecule is Cc1ccc(F)cc1OCCC(C)(C)O. The summed E-state index contributed by atoms with van der Waals surface area (Å²) in [6, 6.07) is 4.44. The first-order valence-electron chi connectivity index (χ1n) is 5.00. The van der Waals surface area contributed by atoms with Crippen LogP contribution >= 0.6 is 0 Å². The normalized spacial score (nSPS) is 11.5. The standard InChI is InChI=1S/C12H17FO2/c1-9-4-5-10(13)8-11(9)15-7-6-12(2,3)14/h4-5,8,14H,6-7H2,1-3H3. The van der Waals surface area contributed by atoms with Crippen molar-refractivity contribution in [3.8, 4) is 5.75 Å². The molecule has 1 aromatic rings. The summed E-state index contributed by atoms with van der Waals surface area (Å²) in [6.07, 6.45) is 0.517. The molecule has 0 radical (unpaired) electrons. The lowest BCUT2D eigenvalue weighted by atomic mass is 10.1. The molecule has 0 amide bonds. The van der Waals surface area contributed by atoms with Gasteiger partial charge in [-0.05, 0) is 32.4 Å². The number of aliphatic hydroxyl groups is 1. The minimum Gasteiger partial charge on any atom is -0.493 e. The van der Waals surface area contributed by atoms with E-state index in [0.717, 1.165) is 5.56 Å². The van der Waals surface area contributed by atoms with Crippen molar-refractivity contribution in [2.75, 3.05) is 6.61 Å². The van der Waals surface area contributed by atoms with E-state index in [9.17, 15) is 9.50 Å². The Morgan fingerprint density at radius 2 is 2.07 bits per heavy atom. The van der Waals surface area contributed by atoms with Gasteiger partial charge in [-0.15, -0.1) is 0 Å². The number of ether oxygens (including phenoxy) is 1. The molecule has 0 saturated heterocycles. The van der Waals surface area contributed by atoms with Crippen LogP contribution in [0.2, 0.25) is 0 Å². The monoisotopic (exact) mass is 212 g/mol. The number of halogens is 1. The van der Waals surface area contributed by atoms with Crippen molar-refractivity contribution >= 4 is 0 Å². The molecule has 0 spiro atoms. The Hall–Kier alpha value is -1.09. The first kappa shape index (κ1) is 12.0. The van der Waals surface area contributed by atoms with Gasteiger partial charge in [0.25, 0.3) is 0 Å². The lowest BCUT2D eigenvalue weighted by molar-refractivity contribution is 0.0552. The van der Waals surface area contributed by atoms with Crippen LogP contribution in [0.3, 0.4) is 0 Å². The average Bonchev–Trinajstić information content (AvgIpc) is 2.09. The Kier molecular flexibility index (Phi) is 3.69. The van der Waals surface area contributed by atoms with E-state index in [0.29, 0.717) is 18.8 Å². The van der Waals surface area contributed by atoms with Crippen molar-refractivity contribution in [1.82, 2.24) is 0 Å². The summed E-state index contributed by atoms with van der Waals surface area (Å²) in [6.45, 7) is 5.68. The van der Waals surface area contributed by atoms with Crippen LogP contribution in [0.4, 0.5) is 4.39 Å². The molecule has 0 aliphatic rings. The van der Waals surface area contributed by atoms with Crippen LogP contribution in [0.25, 0.3) is 0 Å². The molecular weight excluding hydrogens is 195 g/mol. The largest absolute Gasteiger partial charge is 0.493 e. The highest BCUT2D eigenvalue weighted by molar-refractivity contribution is 5.32. The minimum absolute atomic E-state index is 0.307. The lowest BCUT2D eigenvalue weighted by Gasteiger charge is -2.17. The van der Waals surface area contributed by atoms with Crippen LogP contribution in [0.15, 0.2) is 18.2 Å². The third kappa shape index (κ3) is 4.30. The van der Waals surface area contributed by atoms with E-state index in [-0.39, 0.29) is 5.82 Å². The summed E-state index contributed by atoms with van der Waals surface area (Å²) >= 11 is 0. The molecule has 0 heterocycles. The first-order chi connectivity index (χ1) is 6.88. The molecule has 84 valence electrons. The molecule has 0 aromatic heterocycles. The van der Waals surface area contributed by atoms with Gasteiger partial charge in [0.1, 0.15) is 11.6 Å². The van der Waals surface area contributed by atoms with Gasteiger partial charge in [0.15, 0.2) is 0 Å². The van der Waals surface area contributed by atoms with Crippen molar-refractivity contribution in [2.45, 2.75) is 32.8 Å². The Bertz CT molecular complexity index is 329. The Morgan fingerprint density at radius 1 is 1.40 bits per heavy atom. The van der Waals surface area contributed by atoms with E-state index in [1.165, 1.54) is 12.1 Å². The predicted octanol–water partition coefficient (Wildman–Crippen LogP) is 2.67. The summed E-state index contributed by atoms with van der Waals surface area (Å²) in [5.74, 6) is 0.234. The number of rotatable bonds is 4. The molecule has 0 unspecified atom stereocenters. The number of aryl methyl sites for hydroxylation is 1. The maximum Gasteiger partial charge on any atom is 0.126 e. The van der Waals surface area contributed by atoms with Crippen LogP contribution in [0.1, 0.15) is 25.8 Å².